The molecule has 1 saturated heterocycles. The van der Waals surface area contributed by atoms with Gasteiger partial charge in [0.25, 0.3) is 0 Å². The van der Waals surface area contributed by atoms with Crippen molar-refractivity contribution in [1.82, 2.24) is 15.6 Å². The van der Waals surface area contributed by atoms with E-state index >= 15 is 0 Å². The average molecular weight is 205 g/mol. The monoisotopic (exact) mass is 205 g/mol. The number of rotatable bonds is 4. The Balaban J connectivity index is 1.66. The van der Waals surface area contributed by atoms with E-state index in [-0.39, 0.29) is 0 Å². The van der Waals surface area contributed by atoms with Gasteiger partial charge >= 0.3 is 0 Å². The highest BCUT2D eigenvalue weighted by Gasteiger charge is 2.11. The van der Waals surface area contributed by atoms with Crippen molar-refractivity contribution in [3.63, 3.8) is 0 Å². The number of hydrogen-bond donors (Lipinski definition) is 2. The molecule has 0 aliphatic carbocycles. The molecule has 0 atom stereocenters. The zero-order valence-corrected chi connectivity index (χ0v) is 9.08. The minimum atomic E-state index is 0.850. The van der Waals surface area contributed by atoms with Gasteiger partial charge in [0.1, 0.15) is 0 Å². The van der Waals surface area contributed by atoms with Crippen molar-refractivity contribution in [2.45, 2.75) is 19.4 Å². The highest BCUT2D eigenvalue weighted by Crippen LogP contribution is 2.10. The first kappa shape index (κ1) is 10.6. The lowest BCUT2D eigenvalue weighted by Gasteiger charge is -2.22. The van der Waals surface area contributed by atoms with Gasteiger partial charge in [-0.1, -0.05) is 6.07 Å². The number of aromatic nitrogens is 1. The van der Waals surface area contributed by atoms with Gasteiger partial charge in [-0.25, -0.2) is 0 Å². The summed E-state index contributed by atoms with van der Waals surface area (Å²) in [5.41, 5.74) is 1.27. The lowest BCUT2D eigenvalue weighted by molar-refractivity contribution is 0.356. The van der Waals surface area contributed by atoms with Gasteiger partial charge < -0.3 is 10.6 Å². The first-order chi connectivity index (χ1) is 7.45. The number of nitrogens with one attached hydrogen (secondary N) is 2. The summed E-state index contributed by atoms with van der Waals surface area (Å²) in [7, 11) is 0. The van der Waals surface area contributed by atoms with Crippen molar-refractivity contribution in [3.8, 4) is 0 Å². The third-order valence-corrected chi connectivity index (χ3v) is 2.94. The van der Waals surface area contributed by atoms with Crippen LogP contribution in [0.1, 0.15) is 18.4 Å². The predicted octanol–water partition coefficient (Wildman–Crippen LogP) is 1.17. The summed E-state index contributed by atoms with van der Waals surface area (Å²) in [5.74, 6) is 0.850. The summed E-state index contributed by atoms with van der Waals surface area (Å²) in [6, 6.07) is 4.10. The van der Waals surface area contributed by atoms with Crippen molar-refractivity contribution >= 4 is 0 Å². The second-order valence-electron chi connectivity index (χ2n) is 4.19. The second kappa shape index (κ2) is 5.83. The van der Waals surface area contributed by atoms with E-state index in [2.05, 4.69) is 21.7 Å². The van der Waals surface area contributed by atoms with Gasteiger partial charge in [0.05, 0.1) is 0 Å². The topological polar surface area (TPSA) is 37.0 Å². The number of piperidine rings is 1. The fraction of sp³-hybridized carbons (Fsp3) is 0.583. The van der Waals surface area contributed by atoms with Crippen LogP contribution in [-0.4, -0.2) is 24.6 Å². The molecule has 0 aromatic carbocycles. The van der Waals surface area contributed by atoms with E-state index in [0.29, 0.717) is 0 Å². The van der Waals surface area contributed by atoms with Gasteiger partial charge in [-0.05, 0) is 50.0 Å². The molecule has 2 heterocycles. The maximum atomic E-state index is 4.10. The predicted molar refractivity (Wildman–Crippen MR) is 61.5 cm³/mol. The minimum Gasteiger partial charge on any atom is -0.317 e. The van der Waals surface area contributed by atoms with E-state index in [9.17, 15) is 0 Å². The summed E-state index contributed by atoms with van der Waals surface area (Å²) in [4.78, 5) is 4.10. The Hall–Kier alpha value is -0.930. The molecule has 0 radical (unpaired) electrons. The Morgan fingerprint density at radius 3 is 3.00 bits per heavy atom. The van der Waals surface area contributed by atoms with Crippen molar-refractivity contribution in [2.75, 3.05) is 19.6 Å². The Morgan fingerprint density at radius 2 is 2.27 bits per heavy atom. The molecule has 2 N–H and O–H groups in total. The van der Waals surface area contributed by atoms with Gasteiger partial charge in [0.2, 0.25) is 0 Å². The van der Waals surface area contributed by atoms with E-state index in [1.165, 1.54) is 31.5 Å². The first-order valence-electron chi connectivity index (χ1n) is 5.75. The molecular weight excluding hydrogens is 186 g/mol. The Labute approximate surface area is 91.3 Å². The lowest BCUT2D eigenvalue weighted by Crippen LogP contribution is -2.33. The molecule has 0 bridgehead atoms. The van der Waals surface area contributed by atoms with E-state index in [4.69, 9.17) is 0 Å². The van der Waals surface area contributed by atoms with Crippen molar-refractivity contribution in [2.24, 2.45) is 5.92 Å². The molecule has 0 unspecified atom stereocenters. The van der Waals surface area contributed by atoms with E-state index < -0.39 is 0 Å². The smallest absolute Gasteiger partial charge is 0.0312 e. The minimum absolute atomic E-state index is 0.850. The van der Waals surface area contributed by atoms with Crippen LogP contribution in [0.2, 0.25) is 0 Å². The molecule has 82 valence electrons. The zero-order valence-electron chi connectivity index (χ0n) is 9.08. The average Bonchev–Trinajstić information content (AvgIpc) is 2.32. The Morgan fingerprint density at radius 1 is 1.40 bits per heavy atom. The third-order valence-electron chi connectivity index (χ3n) is 2.94. The normalized spacial score (nSPS) is 17.9. The van der Waals surface area contributed by atoms with Gasteiger partial charge in [-0.15, -0.1) is 0 Å². The van der Waals surface area contributed by atoms with Crippen LogP contribution in [0.5, 0.6) is 0 Å². The number of nitrogens with zero attached hydrogens (tertiary/aromatic N) is 1. The van der Waals surface area contributed by atoms with Crippen LogP contribution in [0.4, 0.5) is 0 Å². The standard InChI is InChI=1S/C12H19N3/c1-2-12(9-14-5-1)10-15-8-11-3-6-13-7-4-11/h1-2,5,9,11,13,15H,3-4,6-8,10H2. The highest BCUT2D eigenvalue weighted by atomic mass is 14.9. The van der Waals surface area contributed by atoms with Crippen LogP contribution >= 0.6 is 0 Å². The van der Waals surface area contributed by atoms with Crippen LogP contribution in [0.25, 0.3) is 0 Å². The molecule has 1 aliphatic heterocycles. The Kier molecular flexibility index (Phi) is 4.11. The molecule has 3 heteroatoms. The van der Waals surface area contributed by atoms with Gasteiger partial charge in [0, 0.05) is 18.9 Å². The summed E-state index contributed by atoms with van der Waals surface area (Å²) in [5, 5.41) is 6.89. The van der Waals surface area contributed by atoms with Crippen molar-refractivity contribution in [3.05, 3.63) is 30.1 Å². The number of pyridine rings is 1. The van der Waals surface area contributed by atoms with Crippen LogP contribution in [0.15, 0.2) is 24.5 Å². The molecule has 15 heavy (non-hydrogen) atoms. The summed E-state index contributed by atoms with van der Waals surface area (Å²) < 4.78 is 0. The molecule has 0 spiro atoms. The van der Waals surface area contributed by atoms with E-state index in [1.807, 2.05) is 18.5 Å². The molecule has 1 aliphatic rings. The van der Waals surface area contributed by atoms with Crippen LogP contribution in [0, 0.1) is 5.92 Å². The van der Waals surface area contributed by atoms with Gasteiger partial charge in [-0.2, -0.15) is 0 Å². The maximum Gasteiger partial charge on any atom is 0.0312 e. The van der Waals surface area contributed by atoms with Gasteiger partial charge in [-0.3, -0.25) is 4.98 Å². The van der Waals surface area contributed by atoms with E-state index in [0.717, 1.165) is 19.0 Å². The fourth-order valence-corrected chi connectivity index (χ4v) is 2.01. The van der Waals surface area contributed by atoms with Crippen molar-refractivity contribution < 1.29 is 0 Å². The lowest BCUT2D eigenvalue weighted by atomic mass is 9.98. The molecule has 0 saturated carbocycles. The molecular formula is C12H19N3. The molecule has 1 fully saturated rings. The first-order valence-corrected chi connectivity index (χ1v) is 5.75. The van der Waals surface area contributed by atoms with E-state index in [1.54, 1.807) is 0 Å². The molecule has 1 aromatic heterocycles. The zero-order chi connectivity index (χ0) is 10.3. The SMILES string of the molecule is c1cncc(CNCC2CCNCC2)c1. The van der Waals surface area contributed by atoms with Crippen LogP contribution in [-0.2, 0) is 6.54 Å². The van der Waals surface area contributed by atoms with Crippen molar-refractivity contribution in [1.29, 1.82) is 0 Å². The van der Waals surface area contributed by atoms with Crippen LogP contribution in [0.3, 0.4) is 0 Å². The fourth-order valence-electron chi connectivity index (χ4n) is 2.01. The highest BCUT2D eigenvalue weighted by molar-refractivity contribution is 5.07. The summed E-state index contributed by atoms with van der Waals surface area (Å²) in [6.45, 7) is 4.44. The second-order valence-corrected chi connectivity index (χ2v) is 4.19. The quantitative estimate of drug-likeness (QED) is 0.775. The third kappa shape index (κ3) is 3.61. The molecule has 3 nitrogen and oxygen atoms in total. The van der Waals surface area contributed by atoms with Gasteiger partial charge in [0.15, 0.2) is 0 Å². The molecule has 2 rings (SSSR count). The molecule has 0 amide bonds. The van der Waals surface area contributed by atoms with Crippen LogP contribution < -0.4 is 10.6 Å². The Bertz CT molecular complexity index is 267. The molecule has 1 aromatic rings. The number of hydrogen-bond acceptors (Lipinski definition) is 3. The maximum absolute atomic E-state index is 4.10. The largest absolute Gasteiger partial charge is 0.317 e. The summed E-state index contributed by atoms with van der Waals surface area (Å²) >= 11 is 0. The summed E-state index contributed by atoms with van der Waals surface area (Å²) in [6.07, 6.45) is 6.35.